The first kappa shape index (κ1) is 22.8. The predicted octanol–water partition coefficient (Wildman–Crippen LogP) is 2.58. The van der Waals surface area contributed by atoms with Crippen LogP contribution < -0.4 is 20.1 Å². The van der Waals surface area contributed by atoms with E-state index in [2.05, 4.69) is 20.5 Å². The Morgan fingerprint density at radius 1 is 1.10 bits per heavy atom. The standard InChI is InChI=1S/C23H31FN4O3/c1-25-23(26-15-18-6-9-20(29-2)14-22(18)30-3)27-16-21(28-10-12-31-13-11-28)17-4-7-19(24)8-5-17/h4-9,14,21H,10-13,15-16H2,1-3H3,(H2,25,26,27). The summed E-state index contributed by atoms with van der Waals surface area (Å²) in [4.78, 5) is 6.69. The fourth-order valence-corrected chi connectivity index (χ4v) is 3.62. The Kier molecular flexibility index (Phi) is 8.49. The summed E-state index contributed by atoms with van der Waals surface area (Å²) in [7, 11) is 5.01. The summed E-state index contributed by atoms with van der Waals surface area (Å²) >= 11 is 0. The van der Waals surface area contributed by atoms with E-state index in [-0.39, 0.29) is 11.9 Å². The van der Waals surface area contributed by atoms with Gasteiger partial charge in [-0.15, -0.1) is 0 Å². The van der Waals surface area contributed by atoms with Crippen molar-refractivity contribution >= 4 is 5.96 Å². The Labute approximate surface area is 183 Å². The van der Waals surface area contributed by atoms with Gasteiger partial charge in [-0.3, -0.25) is 9.89 Å². The van der Waals surface area contributed by atoms with Crippen molar-refractivity contribution in [2.45, 2.75) is 12.6 Å². The number of aliphatic imine (C=N–C) groups is 1. The number of nitrogens with zero attached hydrogens (tertiary/aromatic N) is 2. The van der Waals surface area contributed by atoms with Crippen molar-refractivity contribution in [1.29, 1.82) is 0 Å². The number of halogens is 1. The minimum absolute atomic E-state index is 0.0820. The maximum Gasteiger partial charge on any atom is 0.191 e. The fraction of sp³-hybridized carbons (Fsp3) is 0.435. The molecule has 168 valence electrons. The molecule has 3 rings (SSSR count). The van der Waals surface area contributed by atoms with E-state index < -0.39 is 0 Å². The fourth-order valence-electron chi connectivity index (χ4n) is 3.62. The first-order valence-corrected chi connectivity index (χ1v) is 10.4. The Balaban J connectivity index is 1.64. The number of nitrogens with one attached hydrogen (secondary N) is 2. The number of hydrogen-bond acceptors (Lipinski definition) is 5. The van der Waals surface area contributed by atoms with Crippen LogP contribution in [0.1, 0.15) is 17.2 Å². The highest BCUT2D eigenvalue weighted by Gasteiger charge is 2.23. The van der Waals surface area contributed by atoms with Crippen LogP contribution in [0, 0.1) is 5.82 Å². The molecule has 0 radical (unpaired) electrons. The third-order valence-electron chi connectivity index (χ3n) is 5.37. The molecule has 2 aromatic carbocycles. The zero-order valence-corrected chi connectivity index (χ0v) is 18.4. The molecule has 1 aliphatic rings. The lowest BCUT2D eigenvalue weighted by Crippen LogP contribution is -2.46. The van der Waals surface area contributed by atoms with Gasteiger partial charge in [0.2, 0.25) is 0 Å². The maximum absolute atomic E-state index is 13.4. The van der Waals surface area contributed by atoms with Gasteiger partial charge in [0, 0.05) is 44.9 Å². The third-order valence-corrected chi connectivity index (χ3v) is 5.37. The Morgan fingerprint density at radius 2 is 1.84 bits per heavy atom. The number of rotatable bonds is 8. The van der Waals surface area contributed by atoms with Gasteiger partial charge < -0.3 is 24.8 Å². The SMILES string of the molecule is CN=C(NCc1ccc(OC)cc1OC)NCC(c1ccc(F)cc1)N1CCOCC1. The van der Waals surface area contributed by atoms with Crippen molar-refractivity contribution in [2.75, 3.05) is 54.1 Å². The summed E-state index contributed by atoms with van der Waals surface area (Å²) in [6.07, 6.45) is 0. The molecule has 0 aliphatic carbocycles. The van der Waals surface area contributed by atoms with Crippen LogP contribution in [0.15, 0.2) is 47.5 Å². The molecule has 0 bridgehead atoms. The van der Waals surface area contributed by atoms with Crippen LogP contribution in [0.5, 0.6) is 11.5 Å². The molecule has 0 spiro atoms. The van der Waals surface area contributed by atoms with Gasteiger partial charge in [-0.2, -0.15) is 0 Å². The second kappa shape index (κ2) is 11.5. The van der Waals surface area contributed by atoms with E-state index in [4.69, 9.17) is 14.2 Å². The zero-order valence-electron chi connectivity index (χ0n) is 18.4. The molecular weight excluding hydrogens is 399 g/mol. The number of morpholine rings is 1. The summed E-state index contributed by atoms with van der Waals surface area (Å²) in [5.74, 6) is 1.94. The average Bonchev–Trinajstić information content (AvgIpc) is 2.82. The average molecular weight is 431 g/mol. The van der Waals surface area contributed by atoms with Crippen molar-refractivity contribution in [2.24, 2.45) is 4.99 Å². The summed E-state index contributed by atoms with van der Waals surface area (Å²) in [5, 5.41) is 6.74. The minimum atomic E-state index is -0.233. The Morgan fingerprint density at radius 3 is 2.48 bits per heavy atom. The van der Waals surface area contributed by atoms with Gasteiger partial charge in [-0.1, -0.05) is 12.1 Å². The molecule has 1 atom stereocenters. The summed E-state index contributed by atoms with van der Waals surface area (Å²) in [6.45, 7) is 4.23. The highest BCUT2D eigenvalue weighted by Crippen LogP contribution is 2.24. The van der Waals surface area contributed by atoms with E-state index in [0.717, 1.165) is 35.7 Å². The van der Waals surface area contributed by atoms with Gasteiger partial charge in [0.15, 0.2) is 5.96 Å². The van der Waals surface area contributed by atoms with Crippen LogP contribution in [0.2, 0.25) is 0 Å². The Bertz CT molecular complexity index is 854. The molecule has 2 aromatic rings. The lowest BCUT2D eigenvalue weighted by molar-refractivity contribution is 0.0170. The van der Waals surface area contributed by atoms with Crippen LogP contribution in [0.25, 0.3) is 0 Å². The molecule has 1 fully saturated rings. The van der Waals surface area contributed by atoms with Crippen molar-refractivity contribution < 1.29 is 18.6 Å². The van der Waals surface area contributed by atoms with E-state index >= 15 is 0 Å². The minimum Gasteiger partial charge on any atom is -0.497 e. The van der Waals surface area contributed by atoms with Crippen LogP contribution in [0.3, 0.4) is 0 Å². The quantitative estimate of drug-likeness (QED) is 0.496. The molecule has 0 aromatic heterocycles. The van der Waals surface area contributed by atoms with Crippen LogP contribution in [0.4, 0.5) is 4.39 Å². The number of methoxy groups -OCH3 is 2. The second-order valence-corrected chi connectivity index (χ2v) is 7.20. The first-order valence-electron chi connectivity index (χ1n) is 10.4. The topological polar surface area (TPSA) is 67.4 Å². The normalized spacial score (nSPS) is 15.9. The van der Waals surface area contributed by atoms with Gasteiger partial charge in [0.05, 0.1) is 33.5 Å². The molecule has 31 heavy (non-hydrogen) atoms. The highest BCUT2D eigenvalue weighted by molar-refractivity contribution is 5.79. The number of ether oxygens (including phenoxy) is 3. The number of guanidine groups is 1. The smallest absolute Gasteiger partial charge is 0.191 e. The van der Waals surface area contributed by atoms with E-state index in [0.29, 0.717) is 32.3 Å². The maximum atomic E-state index is 13.4. The lowest BCUT2D eigenvalue weighted by Gasteiger charge is -2.35. The van der Waals surface area contributed by atoms with Crippen LogP contribution in [-0.4, -0.2) is 65.0 Å². The summed E-state index contributed by atoms with van der Waals surface area (Å²) in [5.41, 5.74) is 2.05. The molecule has 8 heteroatoms. The van der Waals surface area contributed by atoms with Gasteiger partial charge in [-0.25, -0.2) is 4.39 Å². The van der Waals surface area contributed by atoms with Crippen LogP contribution >= 0.6 is 0 Å². The molecule has 0 saturated carbocycles. The molecule has 1 aliphatic heterocycles. The Hall–Kier alpha value is -2.84. The lowest BCUT2D eigenvalue weighted by atomic mass is 10.0. The van der Waals surface area contributed by atoms with Crippen molar-refractivity contribution in [3.8, 4) is 11.5 Å². The second-order valence-electron chi connectivity index (χ2n) is 7.20. The van der Waals surface area contributed by atoms with Gasteiger partial charge in [0.25, 0.3) is 0 Å². The van der Waals surface area contributed by atoms with Crippen molar-refractivity contribution in [3.63, 3.8) is 0 Å². The van der Waals surface area contributed by atoms with E-state index in [9.17, 15) is 4.39 Å². The first-order chi connectivity index (χ1) is 15.1. The number of benzene rings is 2. The van der Waals surface area contributed by atoms with Crippen LogP contribution in [-0.2, 0) is 11.3 Å². The molecule has 0 amide bonds. The van der Waals surface area contributed by atoms with Crippen molar-refractivity contribution in [1.82, 2.24) is 15.5 Å². The summed E-state index contributed by atoms with van der Waals surface area (Å²) in [6, 6.07) is 12.5. The van der Waals surface area contributed by atoms with Crippen molar-refractivity contribution in [3.05, 3.63) is 59.4 Å². The molecular formula is C23H31FN4O3. The van der Waals surface area contributed by atoms with E-state index in [1.54, 1.807) is 21.3 Å². The highest BCUT2D eigenvalue weighted by atomic mass is 19.1. The van der Waals surface area contributed by atoms with Gasteiger partial charge in [-0.05, 0) is 29.8 Å². The molecule has 7 nitrogen and oxygen atoms in total. The zero-order chi connectivity index (χ0) is 22.1. The third kappa shape index (κ3) is 6.32. The van der Waals surface area contributed by atoms with E-state index in [1.807, 2.05) is 30.3 Å². The molecule has 1 unspecified atom stereocenters. The predicted molar refractivity (Wildman–Crippen MR) is 119 cm³/mol. The molecule has 2 N–H and O–H groups in total. The monoisotopic (exact) mass is 430 g/mol. The van der Waals surface area contributed by atoms with Gasteiger partial charge >= 0.3 is 0 Å². The molecule has 1 heterocycles. The number of hydrogen-bond donors (Lipinski definition) is 2. The van der Waals surface area contributed by atoms with Gasteiger partial charge in [0.1, 0.15) is 17.3 Å². The van der Waals surface area contributed by atoms with E-state index in [1.165, 1.54) is 12.1 Å². The largest absolute Gasteiger partial charge is 0.497 e. The molecule has 1 saturated heterocycles. The summed E-state index contributed by atoms with van der Waals surface area (Å²) < 4.78 is 29.7.